The molecule has 0 radical (unpaired) electrons. The van der Waals surface area contributed by atoms with Crippen molar-refractivity contribution in [3.05, 3.63) is 205 Å². The van der Waals surface area contributed by atoms with Crippen LogP contribution in [0.3, 0.4) is 0 Å². The van der Waals surface area contributed by atoms with Crippen LogP contribution in [0.25, 0.3) is 43.9 Å². The molecule has 0 saturated heterocycles. The van der Waals surface area contributed by atoms with Gasteiger partial charge in [-0.2, -0.15) is 0 Å². The molecule has 2 aliphatic heterocycles. The molecule has 0 amide bonds. The van der Waals surface area contributed by atoms with Gasteiger partial charge < -0.3 is 23.5 Å². The summed E-state index contributed by atoms with van der Waals surface area (Å²) >= 11 is 0. The van der Waals surface area contributed by atoms with Gasteiger partial charge in [0.15, 0.2) is 0 Å². The molecule has 2 aromatic heterocycles. The van der Waals surface area contributed by atoms with Crippen LogP contribution >= 0.6 is 0 Å². The van der Waals surface area contributed by atoms with Crippen LogP contribution in [0.1, 0.15) is 11.1 Å². The number of nitrogens with zero attached hydrogens (tertiary/aromatic N) is 3. The molecule has 9 aromatic carbocycles. The van der Waals surface area contributed by atoms with Crippen LogP contribution in [0, 0.1) is 13.8 Å². The van der Waals surface area contributed by atoms with Gasteiger partial charge in [0.2, 0.25) is 0 Å². The molecular formula is C56H38BN3O2. The van der Waals surface area contributed by atoms with Gasteiger partial charge in [-0.3, -0.25) is 0 Å². The highest BCUT2D eigenvalue weighted by Gasteiger charge is 2.45. The molecule has 13 rings (SSSR count). The normalized spacial score (nSPS) is 12.9. The van der Waals surface area contributed by atoms with Crippen LogP contribution in [0.15, 0.2) is 203 Å². The van der Waals surface area contributed by atoms with Gasteiger partial charge in [-0.15, -0.1) is 0 Å². The minimum Gasteiger partial charge on any atom is -0.456 e. The SMILES string of the molecule is Cc1ccc(N2c3cc4c(cc3B3c5cc6oc7ccccc7c6cc5N(c5ccc(C)cc5)c5cc(N(c6ccccc6)c6ccccc6)cc2c53)oc2ccccc24)cc1. The maximum Gasteiger partial charge on any atom is 0.252 e. The maximum absolute atomic E-state index is 6.70. The zero-order valence-electron chi connectivity index (χ0n) is 34.2. The largest absolute Gasteiger partial charge is 0.456 e. The molecule has 11 aromatic rings. The fourth-order valence-electron chi connectivity index (χ4n) is 10.1. The van der Waals surface area contributed by atoms with Crippen molar-refractivity contribution >= 4 is 118 Å². The summed E-state index contributed by atoms with van der Waals surface area (Å²) in [4.78, 5) is 7.36. The average Bonchev–Trinajstić information content (AvgIpc) is 3.86. The lowest BCUT2D eigenvalue weighted by Crippen LogP contribution is -2.61. The number of rotatable bonds is 5. The van der Waals surface area contributed by atoms with Crippen LogP contribution in [0.4, 0.5) is 51.2 Å². The van der Waals surface area contributed by atoms with Crippen molar-refractivity contribution in [3.8, 4) is 0 Å². The molecule has 0 N–H and O–H groups in total. The van der Waals surface area contributed by atoms with E-state index >= 15 is 0 Å². The zero-order valence-corrected chi connectivity index (χ0v) is 34.2. The highest BCUT2D eigenvalue weighted by molar-refractivity contribution is 7.00. The molecule has 6 heteroatoms. The lowest BCUT2D eigenvalue weighted by atomic mass is 9.33. The first-order valence-electron chi connectivity index (χ1n) is 21.3. The molecule has 0 fully saturated rings. The molecule has 62 heavy (non-hydrogen) atoms. The van der Waals surface area contributed by atoms with Gasteiger partial charge in [-0.1, -0.05) is 108 Å². The standard InChI is InChI=1S/C56H38BN3O2/c1-35-21-25-39(26-22-35)59-48-31-44-42-17-9-11-19-52(42)61-54(44)33-46(48)57-47-34-55-45(43-18-10-12-20-53(43)62-55)32-49(47)60(40-27-23-36(2)24-28-40)51-30-41(29-50(59)56(51)57)58(37-13-5-3-6-14-37)38-15-7-4-8-16-38/h3-34H,1-2H3. The van der Waals surface area contributed by atoms with E-state index in [-0.39, 0.29) is 6.71 Å². The molecular weight excluding hydrogens is 757 g/mol. The predicted octanol–water partition coefficient (Wildman–Crippen LogP) is 13.7. The zero-order chi connectivity index (χ0) is 41.1. The molecule has 5 nitrogen and oxygen atoms in total. The Morgan fingerprint density at radius 3 is 1.24 bits per heavy atom. The summed E-state index contributed by atoms with van der Waals surface area (Å²) in [5.74, 6) is 0. The van der Waals surface area contributed by atoms with Crippen LogP contribution in [0.2, 0.25) is 0 Å². The summed E-state index contributed by atoms with van der Waals surface area (Å²) in [7, 11) is 0. The van der Waals surface area contributed by atoms with E-state index in [4.69, 9.17) is 8.83 Å². The monoisotopic (exact) mass is 795 g/mol. The van der Waals surface area contributed by atoms with E-state index in [1.807, 2.05) is 12.1 Å². The van der Waals surface area contributed by atoms with Crippen molar-refractivity contribution in [1.82, 2.24) is 0 Å². The van der Waals surface area contributed by atoms with Crippen molar-refractivity contribution in [2.75, 3.05) is 14.7 Å². The summed E-state index contributed by atoms with van der Waals surface area (Å²) < 4.78 is 13.4. The van der Waals surface area contributed by atoms with Gasteiger partial charge in [-0.05, 0) is 127 Å². The number of hydrogen-bond acceptors (Lipinski definition) is 5. The maximum atomic E-state index is 6.70. The van der Waals surface area contributed by atoms with Gasteiger partial charge in [-0.25, -0.2) is 0 Å². The van der Waals surface area contributed by atoms with E-state index in [1.54, 1.807) is 0 Å². The summed E-state index contributed by atoms with van der Waals surface area (Å²) in [5, 5.41) is 4.40. The first-order chi connectivity index (χ1) is 30.6. The van der Waals surface area contributed by atoms with Crippen LogP contribution < -0.4 is 31.1 Å². The Labute approximate surface area is 359 Å². The highest BCUT2D eigenvalue weighted by Crippen LogP contribution is 2.49. The number of fused-ring (bicyclic) bond motifs is 10. The summed E-state index contributed by atoms with van der Waals surface area (Å²) in [6, 6.07) is 70.3. The molecule has 0 atom stereocenters. The molecule has 0 bridgehead atoms. The van der Waals surface area contributed by atoms with Gasteiger partial charge in [0.1, 0.15) is 22.3 Å². The Morgan fingerprint density at radius 1 is 0.371 bits per heavy atom. The van der Waals surface area contributed by atoms with Crippen LogP contribution in [-0.4, -0.2) is 6.71 Å². The van der Waals surface area contributed by atoms with Gasteiger partial charge in [0, 0.05) is 67.0 Å². The fourth-order valence-corrected chi connectivity index (χ4v) is 10.1. The average molecular weight is 796 g/mol. The second-order valence-corrected chi connectivity index (χ2v) is 16.7. The molecule has 0 saturated carbocycles. The van der Waals surface area contributed by atoms with Crippen molar-refractivity contribution in [1.29, 1.82) is 0 Å². The van der Waals surface area contributed by atoms with Crippen LogP contribution in [-0.2, 0) is 0 Å². The lowest BCUT2D eigenvalue weighted by molar-refractivity contribution is 0.669. The molecule has 0 unspecified atom stereocenters. The second-order valence-electron chi connectivity index (χ2n) is 16.7. The number of anilines is 9. The first-order valence-corrected chi connectivity index (χ1v) is 21.3. The van der Waals surface area contributed by atoms with Gasteiger partial charge in [0.25, 0.3) is 6.71 Å². The molecule has 0 aliphatic carbocycles. The Balaban J connectivity index is 1.20. The molecule has 4 heterocycles. The number of aryl methyl sites for hydroxylation is 2. The van der Waals surface area contributed by atoms with Gasteiger partial charge in [0.05, 0.1) is 5.69 Å². The quantitative estimate of drug-likeness (QED) is 0.162. The summed E-state index contributed by atoms with van der Waals surface area (Å²) in [5.41, 5.74) is 19.4. The van der Waals surface area contributed by atoms with Gasteiger partial charge >= 0.3 is 0 Å². The topological polar surface area (TPSA) is 36.0 Å². The predicted molar refractivity (Wildman–Crippen MR) is 259 cm³/mol. The van der Waals surface area contributed by atoms with Crippen LogP contribution in [0.5, 0.6) is 0 Å². The van der Waals surface area contributed by atoms with Crippen molar-refractivity contribution < 1.29 is 8.83 Å². The minimum absolute atomic E-state index is 0.153. The van der Waals surface area contributed by atoms with Crippen molar-refractivity contribution in [3.63, 3.8) is 0 Å². The van der Waals surface area contributed by atoms with Crippen molar-refractivity contribution in [2.45, 2.75) is 13.8 Å². The van der Waals surface area contributed by atoms with E-state index in [0.717, 1.165) is 95.1 Å². The molecule has 292 valence electrons. The Hall–Kier alpha value is -7.96. The summed E-state index contributed by atoms with van der Waals surface area (Å²) in [6.07, 6.45) is 0. The van der Waals surface area contributed by atoms with E-state index in [0.29, 0.717) is 0 Å². The number of furan rings is 2. The smallest absolute Gasteiger partial charge is 0.252 e. The number of para-hydroxylation sites is 4. The third kappa shape index (κ3) is 5.16. The van der Waals surface area contributed by atoms with E-state index < -0.39 is 0 Å². The van der Waals surface area contributed by atoms with E-state index in [2.05, 4.69) is 211 Å². The highest BCUT2D eigenvalue weighted by atomic mass is 16.3. The Bertz CT molecular complexity index is 3330. The first kappa shape index (κ1) is 34.9. The number of hydrogen-bond donors (Lipinski definition) is 0. The second kappa shape index (κ2) is 13.3. The number of benzene rings is 9. The Kier molecular flexibility index (Phi) is 7.46. The summed E-state index contributed by atoms with van der Waals surface area (Å²) in [6.45, 7) is 4.15. The third-order valence-corrected chi connectivity index (χ3v) is 12.9. The van der Waals surface area contributed by atoms with E-state index in [1.165, 1.54) is 27.5 Å². The minimum atomic E-state index is -0.153. The fraction of sp³-hybridized carbons (Fsp3) is 0.0357. The molecule has 0 spiro atoms. The third-order valence-electron chi connectivity index (χ3n) is 12.9. The lowest BCUT2D eigenvalue weighted by Gasteiger charge is -2.45. The van der Waals surface area contributed by atoms with E-state index in [9.17, 15) is 0 Å². The van der Waals surface area contributed by atoms with Crippen molar-refractivity contribution in [2.24, 2.45) is 0 Å². The molecule has 2 aliphatic rings. The Morgan fingerprint density at radius 2 is 0.790 bits per heavy atom.